The molecule has 2 aromatic rings. The monoisotopic (exact) mass is 610 g/mol. The van der Waals surface area contributed by atoms with Crippen LogP contribution in [0.25, 0.3) is 11.1 Å². The highest BCUT2D eigenvalue weighted by Gasteiger charge is 2.61. The molecule has 4 aliphatic rings. The lowest BCUT2D eigenvalue weighted by Crippen LogP contribution is -2.41. The zero-order valence-electron chi connectivity index (χ0n) is 29.2. The molecule has 1 aliphatic carbocycles. The summed E-state index contributed by atoms with van der Waals surface area (Å²) >= 11 is 0. The Bertz CT molecular complexity index is 1460. The second-order valence-corrected chi connectivity index (χ2v) is 16.1. The molecule has 0 unspecified atom stereocenters. The van der Waals surface area contributed by atoms with E-state index in [0.717, 1.165) is 33.2 Å². The van der Waals surface area contributed by atoms with Crippen molar-refractivity contribution >= 4 is 32.5 Å². The van der Waals surface area contributed by atoms with Crippen LogP contribution in [0.4, 0.5) is 0 Å². The van der Waals surface area contributed by atoms with Crippen molar-refractivity contribution in [2.45, 2.75) is 129 Å². The SMILES string of the molecule is CC1(C)OB(C2=C(c3ccccc3)C(B3OC(C)(C)C(C)(C)O3)=C(c3ccccc3)[C@H](B3OC(C)(C)C(C)(C)O3)C2)OC1(C)C. The number of hydrogen-bond acceptors (Lipinski definition) is 6. The summed E-state index contributed by atoms with van der Waals surface area (Å²) in [5.74, 6) is -0.191. The standard InChI is InChI=1S/C36H49B3O6/c1-31(2)32(3,4)41-37(40-31)26-23-27(38-42-33(5,6)34(7,8)43-38)29(25-21-17-14-18-22-25)30(28(26)24-19-15-13-16-20-24)39-44-35(9,10)36(11,12)45-39/h13-22,26H,23H2,1-12H3/t26-/m1/s1. The van der Waals surface area contributed by atoms with Gasteiger partial charge in [-0.2, -0.15) is 0 Å². The fourth-order valence-corrected chi connectivity index (χ4v) is 6.57. The third-order valence-electron chi connectivity index (χ3n) is 11.5. The maximum atomic E-state index is 6.92. The first-order chi connectivity index (χ1) is 20.8. The van der Waals surface area contributed by atoms with Crippen molar-refractivity contribution in [1.82, 2.24) is 0 Å². The van der Waals surface area contributed by atoms with Crippen molar-refractivity contribution in [1.29, 1.82) is 0 Å². The van der Waals surface area contributed by atoms with E-state index in [1.165, 1.54) is 0 Å². The minimum absolute atomic E-state index is 0.191. The number of benzene rings is 2. The fourth-order valence-electron chi connectivity index (χ4n) is 6.57. The van der Waals surface area contributed by atoms with Gasteiger partial charge in [0.15, 0.2) is 0 Å². The number of allylic oxidation sites excluding steroid dienone is 4. The van der Waals surface area contributed by atoms with Gasteiger partial charge in [0.2, 0.25) is 0 Å². The van der Waals surface area contributed by atoms with E-state index in [2.05, 4.69) is 138 Å². The third kappa shape index (κ3) is 5.42. The van der Waals surface area contributed by atoms with Gasteiger partial charge >= 0.3 is 21.4 Å². The quantitative estimate of drug-likeness (QED) is 0.320. The summed E-state index contributed by atoms with van der Waals surface area (Å²) in [5.41, 5.74) is 3.19. The summed E-state index contributed by atoms with van der Waals surface area (Å²) < 4.78 is 41.1. The summed E-state index contributed by atoms with van der Waals surface area (Å²) in [6, 6.07) is 21.1. The van der Waals surface area contributed by atoms with E-state index >= 15 is 0 Å². The van der Waals surface area contributed by atoms with Crippen LogP contribution in [0.2, 0.25) is 5.82 Å². The summed E-state index contributed by atoms with van der Waals surface area (Å²) in [6.07, 6.45) is 0.616. The van der Waals surface area contributed by atoms with Crippen molar-refractivity contribution < 1.29 is 27.9 Å². The molecule has 6 rings (SSSR count). The van der Waals surface area contributed by atoms with Crippen LogP contribution in [0, 0.1) is 0 Å². The highest BCUT2D eigenvalue weighted by molar-refractivity contribution is 6.66. The lowest BCUT2D eigenvalue weighted by molar-refractivity contribution is 0.00578. The van der Waals surface area contributed by atoms with E-state index in [0.29, 0.717) is 6.42 Å². The number of hydrogen-bond donors (Lipinski definition) is 0. The van der Waals surface area contributed by atoms with Crippen LogP contribution in [-0.2, 0) is 27.9 Å². The average molecular weight is 610 g/mol. The second kappa shape index (κ2) is 10.7. The summed E-state index contributed by atoms with van der Waals surface area (Å²) in [4.78, 5) is 0. The molecule has 45 heavy (non-hydrogen) atoms. The molecule has 0 radical (unpaired) electrons. The zero-order chi connectivity index (χ0) is 32.8. The Hall–Kier alpha value is -2.13. The van der Waals surface area contributed by atoms with Crippen LogP contribution in [0.15, 0.2) is 71.6 Å². The van der Waals surface area contributed by atoms with E-state index in [1.54, 1.807) is 0 Å². The van der Waals surface area contributed by atoms with Crippen LogP contribution in [0.3, 0.4) is 0 Å². The molecule has 3 aliphatic heterocycles. The molecular weight excluding hydrogens is 561 g/mol. The molecule has 1 atom stereocenters. The lowest BCUT2D eigenvalue weighted by atomic mass is 9.49. The minimum Gasteiger partial charge on any atom is -0.403 e. The molecule has 6 nitrogen and oxygen atoms in total. The molecule has 0 spiro atoms. The predicted octanol–water partition coefficient (Wildman–Crippen LogP) is 8.02. The minimum atomic E-state index is -0.650. The smallest absolute Gasteiger partial charge is 0.403 e. The van der Waals surface area contributed by atoms with Crippen molar-refractivity contribution in [3.63, 3.8) is 0 Å². The first kappa shape index (κ1) is 32.8. The van der Waals surface area contributed by atoms with Crippen LogP contribution in [0.5, 0.6) is 0 Å². The van der Waals surface area contributed by atoms with Gasteiger partial charge in [-0.05, 0) is 123 Å². The van der Waals surface area contributed by atoms with Crippen molar-refractivity contribution in [2.75, 3.05) is 0 Å². The Morgan fingerprint density at radius 3 is 1.31 bits per heavy atom. The van der Waals surface area contributed by atoms with Gasteiger partial charge in [-0.1, -0.05) is 60.7 Å². The molecule has 3 heterocycles. The van der Waals surface area contributed by atoms with Gasteiger partial charge in [-0.15, -0.1) is 0 Å². The largest absolute Gasteiger partial charge is 0.495 e. The molecule has 238 valence electrons. The Morgan fingerprint density at radius 1 is 0.489 bits per heavy atom. The fraction of sp³-hybridized carbons (Fsp3) is 0.556. The summed E-state index contributed by atoms with van der Waals surface area (Å²) in [6.45, 7) is 25.3. The molecule has 0 aromatic heterocycles. The Labute approximate surface area is 271 Å². The van der Waals surface area contributed by atoms with E-state index in [4.69, 9.17) is 27.9 Å². The Balaban J connectivity index is 1.66. The van der Waals surface area contributed by atoms with Crippen LogP contribution < -0.4 is 0 Å². The molecule has 2 aromatic carbocycles. The first-order valence-electron chi connectivity index (χ1n) is 16.4. The molecule has 9 heteroatoms. The molecule has 3 fully saturated rings. The van der Waals surface area contributed by atoms with Gasteiger partial charge in [-0.3, -0.25) is 0 Å². The van der Waals surface area contributed by atoms with E-state index in [-0.39, 0.29) is 5.82 Å². The highest BCUT2D eigenvalue weighted by Crippen LogP contribution is 2.56. The molecule has 0 saturated carbocycles. The predicted molar refractivity (Wildman–Crippen MR) is 183 cm³/mol. The Morgan fingerprint density at radius 2 is 0.867 bits per heavy atom. The van der Waals surface area contributed by atoms with Gasteiger partial charge in [0, 0.05) is 5.82 Å². The van der Waals surface area contributed by atoms with Crippen molar-refractivity contribution in [2.24, 2.45) is 0 Å². The Kier molecular flexibility index (Phi) is 7.80. The van der Waals surface area contributed by atoms with E-state index in [9.17, 15) is 0 Å². The van der Waals surface area contributed by atoms with Crippen LogP contribution in [-0.4, -0.2) is 55.0 Å². The molecule has 0 N–H and O–H groups in total. The second-order valence-electron chi connectivity index (χ2n) is 16.1. The molecule has 3 saturated heterocycles. The molecule has 0 amide bonds. The van der Waals surface area contributed by atoms with Crippen molar-refractivity contribution in [3.8, 4) is 0 Å². The lowest BCUT2D eigenvalue weighted by Gasteiger charge is -2.36. The maximum Gasteiger partial charge on any atom is 0.495 e. The average Bonchev–Trinajstić information content (AvgIpc) is 3.41. The topological polar surface area (TPSA) is 55.4 Å². The van der Waals surface area contributed by atoms with Gasteiger partial charge in [0.1, 0.15) is 0 Å². The van der Waals surface area contributed by atoms with Gasteiger partial charge in [0.05, 0.1) is 33.6 Å². The van der Waals surface area contributed by atoms with Gasteiger partial charge in [0.25, 0.3) is 0 Å². The van der Waals surface area contributed by atoms with E-state index < -0.39 is 55.0 Å². The van der Waals surface area contributed by atoms with Crippen LogP contribution >= 0.6 is 0 Å². The van der Waals surface area contributed by atoms with Gasteiger partial charge in [-0.25, -0.2) is 0 Å². The van der Waals surface area contributed by atoms with Crippen LogP contribution in [0.1, 0.15) is 101 Å². The summed E-state index contributed by atoms with van der Waals surface area (Å²) in [5, 5.41) is 0. The summed E-state index contributed by atoms with van der Waals surface area (Å²) in [7, 11) is -1.75. The third-order valence-corrected chi connectivity index (χ3v) is 11.5. The zero-order valence-corrected chi connectivity index (χ0v) is 29.2. The molecular formula is C36H49B3O6. The maximum absolute atomic E-state index is 6.92. The van der Waals surface area contributed by atoms with Gasteiger partial charge < -0.3 is 27.9 Å². The normalized spacial score (nSPS) is 27.9. The molecule has 0 bridgehead atoms. The first-order valence-corrected chi connectivity index (χ1v) is 16.4. The van der Waals surface area contributed by atoms with Crippen molar-refractivity contribution in [3.05, 3.63) is 82.7 Å². The highest BCUT2D eigenvalue weighted by atomic mass is 16.7. The number of rotatable bonds is 5. The van der Waals surface area contributed by atoms with E-state index in [1.807, 2.05) is 6.07 Å².